The molecule has 0 radical (unpaired) electrons. The van der Waals surface area contributed by atoms with Crippen LogP contribution in [-0.4, -0.2) is 82.8 Å². The minimum Gasteiger partial charge on any atom is -0.453 e. The summed E-state index contributed by atoms with van der Waals surface area (Å²) in [5, 5.41) is 10.2. The number of alkyl carbamates (subject to hydrolysis) is 1. The molecule has 2 aliphatic heterocycles. The van der Waals surface area contributed by atoms with E-state index in [2.05, 4.69) is 16.0 Å². The van der Waals surface area contributed by atoms with E-state index in [1.807, 2.05) is 30.3 Å². The number of nitrogens with zero attached hydrogens (tertiary/aromatic N) is 1. The van der Waals surface area contributed by atoms with Crippen molar-refractivity contribution >= 4 is 33.6 Å². The Bertz CT molecular complexity index is 1390. The summed E-state index contributed by atoms with van der Waals surface area (Å²) in [7, 11) is -2.32. The Kier molecular flexibility index (Phi) is 12.4. The van der Waals surface area contributed by atoms with Crippen molar-refractivity contribution in [3.8, 4) is 0 Å². The molecule has 2 amide bonds. The SMILES string of the molecule is COC(=O)NC(C(=O)N[C@H]1CCCC[C@@H]1CC[C@H]1CNCCN1S(=O)(=O)c1ccccc1)[C@H](c1ccc(Cl)cc1)C1CCOCC1. The highest BCUT2D eigenvalue weighted by atomic mass is 35.5. The zero-order valence-electron chi connectivity index (χ0n) is 26.5. The maximum atomic E-state index is 14.2. The molecule has 5 atom stereocenters. The highest BCUT2D eigenvalue weighted by Crippen LogP contribution is 2.37. The van der Waals surface area contributed by atoms with Crippen molar-refractivity contribution < 1.29 is 27.5 Å². The highest BCUT2D eigenvalue weighted by Gasteiger charge is 2.40. The molecule has 3 N–H and O–H groups in total. The second-order valence-electron chi connectivity index (χ2n) is 12.7. The summed E-state index contributed by atoms with van der Waals surface area (Å²) < 4.78 is 39.4. The Hall–Kier alpha value is -2.70. The number of methoxy groups -OCH3 is 1. The van der Waals surface area contributed by atoms with Gasteiger partial charge >= 0.3 is 6.09 Å². The number of hydrogen-bond acceptors (Lipinski definition) is 7. The Balaban J connectivity index is 1.32. The third kappa shape index (κ3) is 8.60. The van der Waals surface area contributed by atoms with E-state index in [1.54, 1.807) is 28.6 Å². The predicted octanol–water partition coefficient (Wildman–Crippen LogP) is 4.69. The van der Waals surface area contributed by atoms with Gasteiger partial charge in [-0.15, -0.1) is 0 Å². The van der Waals surface area contributed by atoms with E-state index in [9.17, 15) is 18.0 Å². The zero-order valence-corrected chi connectivity index (χ0v) is 28.1. The third-order valence-electron chi connectivity index (χ3n) is 9.88. The standard InChI is InChI=1S/C34H47ClN4O6S/c1-44-34(41)38-32(31(26-17-21-45-22-18-26)25-11-14-27(35)15-12-25)33(40)37-30-10-6-5-7-24(30)13-16-28-23-36-19-20-39(28)46(42,43)29-8-3-2-4-9-29/h2-4,8-9,11-12,14-15,24,26,28,30-32,36H,5-7,10,13,16-23H2,1H3,(H,37,40)(H,38,41)/t24-,28+,30+,31-,32?/m1/s1. The van der Waals surface area contributed by atoms with E-state index in [1.165, 1.54) is 7.11 Å². The van der Waals surface area contributed by atoms with Gasteiger partial charge in [-0.05, 0) is 80.2 Å². The van der Waals surface area contributed by atoms with Crippen molar-refractivity contribution in [1.29, 1.82) is 0 Å². The van der Waals surface area contributed by atoms with Gasteiger partial charge in [-0.3, -0.25) is 4.79 Å². The number of sulfonamides is 1. The fourth-order valence-corrected chi connectivity index (χ4v) is 9.26. The number of nitrogens with one attached hydrogen (secondary N) is 3. The lowest BCUT2D eigenvalue weighted by Gasteiger charge is -2.39. The lowest BCUT2D eigenvalue weighted by Crippen LogP contribution is -2.56. The molecule has 1 aliphatic carbocycles. The normalized spacial score (nSPS) is 24.4. The molecule has 2 heterocycles. The average Bonchev–Trinajstić information content (AvgIpc) is 3.09. The molecule has 2 aromatic carbocycles. The van der Waals surface area contributed by atoms with E-state index in [0.717, 1.165) is 50.5 Å². The first-order valence-corrected chi connectivity index (χ1v) is 18.4. The van der Waals surface area contributed by atoms with E-state index in [-0.39, 0.29) is 35.7 Å². The van der Waals surface area contributed by atoms with Crippen molar-refractivity contribution in [2.45, 2.75) is 80.3 Å². The summed E-state index contributed by atoms with van der Waals surface area (Å²) >= 11 is 6.22. The summed E-state index contributed by atoms with van der Waals surface area (Å²) in [6.45, 7) is 2.82. The minimum atomic E-state index is -3.62. The number of rotatable bonds is 11. The van der Waals surface area contributed by atoms with Crippen LogP contribution in [0, 0.1) is 11.8 Å². The number of amides is 2. The second-order valence-corrected chi connectivity index (χ2v) is 15.0. The molecule has 10 nitrogen and oxygen atoms in total. The van der Waals surface area contributed by atoms with Crippen LogP contribution in [0.5, 0.6) is 0 Å². The average molecular weight is 675 g/mol. The van der Waals surface area contributed by atoms with Crippen molar-refractivity contribution in [2.24, 2.45) is 11.8 Å². The summed E-state index contributed by atoms with van der Waals surface area (Å²) in [5.74, 6) is -0.230. The molecule has 0 aromatic heterocycles. The fraction of sp³-hybridized carbons (Fsp3) is 0.588. The molecule has 46 heavy (non-hydrogen) atoms. The minimum absolute atomic E-state index is 0.0838. The van der Waals surface area contributed by atoms with Gasteiger partial charge in [-0.25, -0.2) is 13.2 Å². The first kappa shape index (κ1) is 34.6. The van der Waals surface area contributed by atoms with Gasteiger partial charge in [0.1, 0.15) is 6.04 Å². The number of piperazine rings is 1. The highest BCUT2D eigenvalue weighted by molar-refractivity contribution is 7.89. The molecule has 3 aliphatic rings. The predicted molar refractivity (Wildman–Crippen MR) is 177 cm³/mol. The molecular formula is C34H47ClN4O6S. The number of carbonyl (C=O) groups is 2. The van der Waals surface area contributed by atoms with Gasteiger partial charge in [0.25, 0.3) is 0 Å². The lowest BCUT2D eigenvalue weighted by atomic mass is 9.76. The van der Waals surface area contributed by atoms with Crippen molar-refractivity contribution in [3.05, 3.63) is 65.2 Å². The van der Waals surface area contributed by atoms with Crippen molar-refractivity contribution in [3.63, 3.8) is 0 Å². The Morgan fingerprint density at radius 3 is 2.46 bits per heavy atom. The van der Waals surface area contributed by atoms with Gasteiger partial charge in [-0.2, -0.15) is 4.31 Å². The van der Waals surface area contributed by atoms with Crippen LogP contribution < -0.4 is 16.0 Å². The van der Waals surface area contributed by atoms with E-state index >= 15 is 0 Å². The van der Waals surface area contributed by atoms with Gasteiger partial charge in [0, 0.05) is 55.9 Å². The van der Waals surface area contributed by atoms with Gasteiger partial charge in [0.15, 0.2) is 0 Å². The van der Waals surface area contributed by atoms with Crippen LogP contribution in [-0.2, 0) is 24.3 Å². The van der Waals surface area contributed by atoms with Crippen molar-refractivity contribution in [2.75, 3.05) is 40.0 Å². The molecule has 5 rings (SSSR count). The monoisotopic (exact) mass is 674 g/mol. The maximum absolute atomic E-state index is 14.2. The van der Waals surface area contributed by atoms with Crippen LogP contribution >= 0.6 is 11.6 Å². The molecule has 0 spiro atoms. The summed E-state index contributed by atoms with van der Waals surface area (Å²) in [5.41, 5.74) is 0.928. The smallest absolute Gasteiger partial charge is 0.407 e. The number of benzene rings is 2. The van der Waals surface area contributed by atoms with Crippen LogP contribution in [0.4, 0.5) is 4.79 Å². The van der Waals surface area contributed by atoms with Crippen LogP contribution in [0.25, 0.3) is 0 Å². The number of ether oxygens (including phenoxy) is 2. The van der Waals surface area contributed by atoms with Crippen molar-refractivity contribution in [1.82, 2.24) is 20.3 Å². The van der Waals surface area contributed by atoms with E-state index in [0.29, 0.717) is 49.2 Å². The molecule has 3 fully saturated rings. The van der Waals surface area contributed by atoms with Gasteiger partial charge in [0.2, 0.25) is 15.9 Å². The molecule has 1 saturated carbocycles. The Morgan fingerprint density at radius 1 is 1.02 bits per heavy atom. The largest absolute Gasteiger partial charge is 0.453 e. The zero-order chi connectivity index (χ0) is 32.5. The summed E-state index contributed by atoms with van der Waals surface area (Å²) in [6.07, 6.45) is 6.19. The molecule has 252 valence electrons. The molecule has 2 saturated heterocycles. The van der Waals surface area contributed by atoms with Gasteiger partial charge in [-0.1, -0.05) is 54.8 Å². The Morgan fingerprint density at radius 2 is 1.74 bits per heavy atom. The molecule has 2 aromatic rings. The molecular weight excluding hydrogens is 628 g/mol. The van der Waals surface area contributed by atoms with E-state index in [4.69, 9.17) is 21.1 Å². The molecule has 1 unspecified atom stereocenters. The van der Waals surface area contributed by atoms with Gasteiger partial charge in [0.05, 0.1) is 12.0 Å². The third-order valence-corrected chi connectivity index (χ3v) is 12.1. The summed E-state index contributed by atoms with van der Waals surface area (Å²) in [6, 6.07) is 15.0. The quantitative estimate of drug-likeness (QED) is 0.316. The van der Waals surface area contributed by atoms with Crippen LogP contribution in [0.1, 0.15) is 62.8 Å². The van der Waals surface area contributed by atoms with Crippen LogP contribution in [0.3, 0.4) is 0 Å². The topological polar surface area (TPSA) is 126 Å². The van der Waals surface area contributed by atoms with Crippen LogP contribution in [0.15, 0.2) is 59.5 Å². The first-order chi connectivity index (χ1) is 22.3. The van der Waals surface area contributed by atoms with Crippen LogP contribution in [0.2, 0.25) is 5.02 Å². The maximum Gasteiger partial charge on any atom is 0.407 e. The summed E-state index contributed by atoms with van der Waals surface area (Å²) in [4.78, 5) is 27.2. The van der Waals surface area contributed by atoms with E-state index < -0.39 is 22.2 Å². The van der Waals surface area contributed by atoms with Gasteiger partial charge < -0.3 is 25.4 Å². The number of hydrogen-bond donors (Lipinski definition) is 3. The molecule has 0 bridgehead atoms. The Labute approximate surface area is 278 Å². The molecule has 12 heteroatoms. The number of halogens is 1. The lowest BCUT2D eigenvalue weighted by molar-refractivity contribution is -0.125. The first-order valence-electron chi connectivity index (χ1n) is 16.5. The second kappa shape index (κ2) is 16.4. The number of carbonyl (C=O) groups excluding carboxylic acids is 2. The fourth-order valence-electron chi connectivity index (χ4n) is 7.46.